The van der Waals surface area contributed by atoms with E-state index >= 15 is 0 Å². The van der Waals surface area contributed by atoms with Gasteiger partial charge in [-0.25, -0.2) is 0 Å². The smallest absolute Gasteiger partial charge is 0.250 e. The van der Waals surface area contributed by atoms with E-state index in [2.05, 4.69) is 35.2 Å². The van der Waals surface area contributed by atoms with E-state index in [-0.39, 0.29) is 5.56 Å². The molecule has 1 saturated carbocycles. The summed E-state index contributed by atoms with van der Waals surface area (Å²) in [5, 5.41) is 0. The van der Waals surface area contributed by atoms with Crippen molar-refractivity contribution in [2.75, 3.05) is 13.1 Å². The Morgan fingerprint density at radius 1 is 1.00 bits per heavy atom. The van der Waals surface area contributed by atoms with E-state index in [4.69, 9.17) is 4.74 Å². The molecular formula is C23H30N2O2. The lowest BCUT2D eigenvalue weighted by molar-refractivity contribution is 0.203. The van der Waals surface area contributed by atoms with Gasteiger partial charge in [0.1, 0.15) is 5.75 Å². The van der Waals surface area contributed by atoms with Crippen molar-refractivity contribution in [3.8, 4) is 5.75 Å². The highest BCUT2D eigenvalue weighted by Crippen LogP contribution is 2.28. The molecule has 27 heavy (non-hydrogen) atoms. The van der Waals surface area contributed by atoms with E-state index in [0.29, 0.717) is 12.0 Å². The Balaban J connectivity index is 1.28. The standard InChI is InChI=1S/C23H30N2O2/c1-24-13-10-20(16-23(24)26)19-11-14-25(15-12-19)17-18-6-8-22(9-7-18)27-21-4-2-3-5-21/h6-10,13,16,19,21H,2-5,11-12,14-15,17H2,1H3. The highest BCUT2D eigenvalue weighted by molar-refractivity contribution is 5.27. The fourth-order valence-corrected chi connectivity index (χ4v) is 4.37. The molecule has 1 aromatic heterocycles. The number of ether oxygens (including phenoxy) is 1. The van der Waals surface area contributed by atoms with Crippen molar-refractivity contribution >= 4 is 0 Å². The first-order valence-electron chi connectivity index (χ1n) is 10.3. The molecule has 0 radical (unpaired) electrons. The highest BCUT2D eigenvalue weighted by atomic mass is 16.5. The molecule has 4 rings (SSSR count). The fourth-order valence-electron chi connectivity index (χ4n) is 4.37. The molecule has 4 nitrogen and oxygen atoms in total. The molecule has 144 valence electrons. The summed E-state index contributed by atoms with van der Waals surface area (Å²) in [5.74, 6) is 1.52. The van der Waals surface area contributed by atoms with Crippen LogP contribution in [0, 0.1) is 0 Å². The summed E-state index contributed by atoms with van der Waals surface area (Å²) in [6.45, 7) is 3.16. The van der Waals surface area contributed by atoms with Crippen LogP contribution < -0.4 is 10.3 Å². The molecule has 0 bridgehead atoms. The maximum Gasteiger partial charge on any atom is 0.250 e. The average Bonchev–Trinajstić information content (AvgIpc) is 3.19. The molecule has 1 saturated heterocycles. The summed E-state index contributed by atoms with van der Waals surface area (Å²) < 4.78 is 7.70. The summed E-state index contributed by atoms with van der Waals surface area (Å²) in [4.78, 5) is 14.4. The highest BCUT2D eigenvalue weighted by Gasteiger charge is 2.21. The Kier molecular flexibility index (Phi) is 5.63. The molecule has 2 aliphatic rings. The minimum absolute atomic E-state index is 0.0924. The van der Waals surface area contributed by atoms with Gasteiger partial charge in [0, 0.05) is 25.9 Å². The van der Waals surface area contributed by atoms with Crippen molar-refractivity contribution in [2.45, 2.75) is 57.1 Å². The number of benzene rings is 1. The Labute approximate surface area is 161 Å². The molecule has 0 N–H and O–H groups in total. The summed E-state index contributed by atoms with van der Waals surface area (Å²) in [7, 11) is 1.80. The van der Waals surface area contributed by atoms with Gasteiger partial charge in [-0.3, -0.25) is 9.69 Å². The Morgan fingerprint density at radius 2 is 1.70 bits per heavy atom. The van der Waals surface area contributed by atoms with E-state index in [9.17, 15) is 4.79 Å². The van der Waals surface area contributed by atoms with Crippen molar-refractivity contribution < 1.29 is 4.74 Å². The van der Waals surface area contributed by atoms with Gasteiger partial charge < -0.3 is 9.30 Å². The first kappa shape index (κ1) is 18.3. The number of hydrogen-bond acceptors (Lipinski definition) is 3. The second-order valence-electron chi connectivity index (χ2n) is 8.13. The van der Waals surface area contributed by atoms with Crippen LogP contribution in [0.2, 0.25) is 0 Å². The van der Waals surface area contributed by atoms with Gasteiger partial charge >= 0.3 is 0 Å². The number of pyridine rings is 1. The topological polar surface area (TPSA) is 34.5 Å². The number of likely N-dealkylation sites (tertiary alicyclic amines) is 1. The number of aryl methyl sites for hydroxylation is 1. The molecule has 0 atom stereocenters. The van der Waals surface area contributed by atoms with E-state index < -0.39 is 0 Å². The molecule has 1 aliphatic carbocycles. The molecule has 2 aromatic rings. The van der Waals surface area contributed by atoms with E-state index in [1.165, 1.54) is 36.8 Å². The quantitative estimate of drug-likeness (QED) is 0.799. The van der Waals surface area contributed by atoms with Crippen molar-refractivity contribution in [1.29, 1.82) is 0 Å². The number of hydrogen-bond donors (Lipinski definition) is 0. The van der Waals surface area contributed by atoms with Gasteiger partial charge in [-0.2, -0.15) is 0 Å². The summed E-state index contributed by atoms with van der Waals surface area (Å²) in [5.41, 5.74) is 2.64. The lowest BCUT2D eigenvalue weighted by atomic mass is 9.90. The zero-order valence-corrected chi connectivity index (χ0v) is 16.3. The molecule has 2 heterocycles. The SMILES string of the molecule is Cn1ccc(C2CCN(Cc3ccc(OC4CCCC4)cc3)CC2)cc1=O. The molecule has 2 fully saturated rings. The lowest BCUT2D eigenvalue weighted by Crippen LogP contribution is -2.32. The molecular weight excluding hydrogens is 336 g/mol. The molecule has 1 aromatic carbocycles. The number of aromatic nitrogens is 1. The molecule has 4 heteroatoms. The summed E-state index contributed by atoms with van der Waals surface area (Å²) in [6.07, 6.45) is 9.55. The second kappa shape index (κ2) is 8.30. The van der Waals surface area contributed by atoms with E-state index in [1.54, 1.807) is 11.6 Å². The maximum atomic E-state index is 11.9. The Hall–Kier alpha value is -2.07. The van der Waals surface area contributed by atoms with Crippen LogP contribution in [0.4, 0.5) is 0 Å². The van der Waals surface area contributed by atoms with Crippen molar-refractivity contribution in [3.05, 3.63) is 64.1 Å². The third-order valence-electron chi connectivity index (χ3n) is 6.12. The van der Waals surface area contributed by atoms with Crippen LogP contribution in [0.3, 0.4) is 0 Å². The van der Waals surface area contributed by atoms with Crippen LogP contribution in [-0.2, 0) is 13.6 Å². The number of nitrogens with zero attached hydrogens (tertiary/aromatic N) is 2. The molecule has 0 unspecified atom stereocenters. The van der Waals surface area contributed by atoms with Crippen LogP contribution in [0.5, 0.6) is 5.75 Å². The third kappa shape index (κ3) is 4.62. The Morgan fingerprint density at radius 3 is 2.37 bits per heavy atom. The first-order chi connectivity index (χ1) is 13.2. The molecule has 0 spiro atoms. The van der Waals surface area contributed by atoms with Crippen LogP contribution >= 0.6 is 0 Å². The molecule has 0 amide bonds. The normalized spacial score (nSPS) is 19.4. The minimum Gasteiger partial charge on any atom is -0.490 e. The van der Waals surface area contributed by atoms with Crippen LogP contribution in [0.15, 0.2) is 47.4 Å². The minimum atomic E-state index is 0.0924. The van der Waals surface area contributed by atoms with Gasteiger partial charge in [0.05, 0.1) is 6.10 Å². The monoisotopic (exact) mass is 366 g/mol. The summed E-state index contributed by atoms with van der Waals surface area (Å²) in [6, 6.07) is 12.6. The maximum absolute atomic E-state index is 11.9. The average molecular weight is 367 g/mol. The first-order valence-corrected chi connectivity index (χ1v) is 10.3. The number of rotatable bonds is 5. The zero-order chi connectivity index (χ0) is 18.6. The Bertz CT molecular complexity index is 798. The fraction of sp³-hybridized carbons (Fsp3) is 0.522. The largest absolute Gasteiger partial charge is 0.490 e. The molecule has 1 aliphatic heterocycles. The van der Waals surface area contributed by atoms with Gasteiger partial charge in [-0.15, -0.1) is 0 Å². The van der Waals surface area contributed by atoms with Crippen LogP contribution in [0.25, 0.3) is 0 Å². The van der Waals surface area contributed by atoms with Crippen molar-refractivity contribution in [3.63, 3.8) is 0 Å². The third-order valence-corrected chi connectivity index (χ3v) is 6.12. The predicted molar refractivity (Wildman–Crippen MR) is 108 cm³/mol. The van der Waals surface area contributed by atoms with Crippen molar-refractivity contribution in [1.82, 2.24) is 9.47 Å². The van der Waals surface area contributed by atoms with Gasteiger partial charge in [0.15, 0.2) is 0 Å². The van der Waals surface area contributed by atoms with E-state index in [0.717, 1.165) is 38.2 Å². The number of piperidine rings is 1. The van der Waals surface area contributed by atoms with Crippen LogP contribution in [-0.4, -0.2) is 28.7 Å². The van der Waals surface area contributed by atoms with E-state index in [1.807, 2.05) is 12.3 Å². The predicted octanol–water partition coefficient (Wildman–Crippen LogP) is 4.09. The van der Waals surface area contributed by atoms with Crippen LogP contribution in [0.1, 0.15) is 55.6 Å². The van der Waals surface area contributed by atoms with Gasteiger partial charge in [-0.05, 0) is 86.9 Å². The zero-order valence-electron chi connectivity index (χ0n) is 16.3. The summed E-state index contributed by atoms with van der Waals surface area (Å²) >= 11 is 0. The van der Waals surface area contributed by atoms with Gasteiger partial charge in [0.2, 0.25) is 0 Å². The van der Waals surface area contributed by atoms with Crippen molar-refractivity contribution in [2.24, 2.45) is 7.05 Å². The van der Waals surface area contributed by atoms with Gasteiger partial charge in [-0.1, -0.05) is 12.1 Å². The van der Waals surface area contributed by atoms with Gasteiger partial charge in [0.25, 0.3) is 5.56 Å². The lowest BCUT2D eigenvalue weighted by Gasteiger charge is -2.32. The second-order valence-corrected chi connectivity index (χ2v) is 8.13.